The standard InChI is InChI=1S/C22H27N3O3/c1-22(21(27)28-2)12-14-24(15-22)20(26)18-17-11-7-4-8-13-25(17)19(23-18)16-9-5-3-6-10-16/h3,5-6,9-10H,4,7-8,11-15H2,1-2H3/t22-/m1/s1. The summed E-state index contributed by atoms with van der Waals surface area (Å²) in [7, 11) is 1.40. The average molecular weight is 381 g/mol. The van der Waals surface area contributed by atoms with E-state index in [9.17, 15) is 9.59 Å². The van der Waals surface area contributed by atoms with E-state index in [2.05, 4.69) is 4.57 Å². The van der Waals surface area contributed by atoms with Crippen LogP contribution in [0.1, 0.15) is 48.8 Å². The van der Waals surface area contributed by atoms with Crippen LogP contribution in [-0.2, 0) is 22.5 Å². The zero-order valence-electron chi connectivity index (χ0n) is 16.6. The molecule has 1 amide bonds. The summed E-state index contributed by atoms with van der Waals surface area (Å²) in [6.07, 6.45) is 4.81. The third-order valence-corrected chi connectivity index (χ3v) is 6.04. The molecule has 3 heterocycles. The van der Waals surface area contributed by atoms with E-state index in [-0.39, 0.29) is 11.9 Å². The molecule has 0 spiro atoms. The molecule has 1 atom stereocenters. The first-order chi connectivity index (χ1) is 13.5. The van der Waals surface area contributed by atoms with Gasteiger partial charge in [-0.25, -0.2) is 4.98 Å². The lowest BCUT2D eigenvalue weighted by atomic mass is 9.90. The quantitative estimate of drug-likeness (QED) is 0.765. The van der Waals surface area contributed by atoms with Gasteiger partial charge in [-0.2, -0.15) is 0 Å². The highest BCUT2D eigenvalue weighted by Crippen LogP contribution is 2.34. The number of likely N-dealkylation sites (tertiary alicyclic amines) is 1. The minimum Gasteiger partial charge on any atom is -0.469 e. The van der Waals surface area contributed by atoms with Crippen molar-refractivity contribution < 1.29 is 14.3 Å². The summed E-state index contributed by atoms with van der Waals surface area (Å²) < 4.78 is 7.17. The zero-order valence-corrected chi connectivity index (χ0v) is 16.6. The molecule has 2 aliphatic rings. The molecule has 1 fully saturated rings. The van der Waals surface area contributed by atoms with Crippen molar-refractivity contribution in [2.75, 3.05) is 20.2 Å². The zero-order chi connectivity index (χ0) is 19.7. The second-order valence-electron chi connectivity index (χ2n) is 8.09. The van der Waals surface area contributed by atoms with Crippen molar-refractivity contribution in [2.45, 2.75) is 45.6 Å². The molecule has 1 aromatic carbocycles. The van der Waals surface area contributed by atoms with Gasteiger partial charge in [0.25, 0.3) is 5.91 Å². The van der Waals surface area contributed by atoms with E-state index in [4.69, 9.17) is 9.72 Å². The van der Waals surface area contributed by atoms with Gasteiger partial charge in [0, 0.05) is 25.2 Å². The number of fused-ring (bicyclic) bond motifs is 1. The second kappa shape index (κ2) is 7.41. The average Bonchev–Trinajstić information content (AvgIpc) is 3.21. The highest BCUT2D eigenvalue weighted by Gasteiger charge is 2.44. The van der Waals surface area contributed by atoms with Gasteiger partial charge in [0.2, 0.25) is 0 Å². The molecule has 0 unspecified atom stereocenters. The Morgan fingerprint density at radius 3 is 2.64 bits per heavy atom. The molecule has 0 N–H and O–H groups in total. The Morgan fingerprint density at radius 2 is 1.89 bits per heavy atom. The first kappa shape index (κ1) is 18.7. The molecule has 6 heteroatoms. The lowest BCUT2D eigenvalue weighted by Gasteiger charge is -2.21. The number of aromatic nitrogens is 2. The van der Waals surface area contributed by atoms with Gasteiger partial charge in [0.15, 0.2) is 0 Å². The minimum absolute atomic E-state index is 0.0690. The smallest absolute Gasteiger partial charge is 0.313 e. The summed E-state index contributed by atoms with van der Waals surface area (Å²) in [5.74, 6) is 0.549. The van der Waals surface area contributed by atoms with Crippen molar-refractivity contribution in [3.8, 4) is 11.4 Å². The van der Waals surface area contributed by atoms with Crippen molar-refractivity contribution in [1.29, 1.82) is 0 Å². The third-order valence-electron chi connectivity index (χ3n) is 6.04. The summed E-state index contributed by atoms with van der Waals surface area (Å²) in [5, 5.41) is 0. The first-order valence-electron chi connectivity index (χ1n) is 10.1. The van der Waals surface area contributed by atoms with E-state index in [0.717, 1.165) is 49.3 Å². The largest absolute Gasteiger partial charge is 0.469 e. The van der Waals surface area contributed by atoms with Crippen molar-refractivity contribution in [2.24, 2.45) is 5.41 Å². The molecule has 2 aromatic rings. The lowest BCUT2D eigenvalue weighted by molar-refractivity contribution is -0.150. The number of hydrogen-bond donors (Lipinski definition) is 0. The van der Waals surface area contributed by atoms with Gasteiger partial charge in [-0.1, -0.05) is 36.8 Å². The van der Waals surface area contributed by atoms with Crippen LogP contribution in [-0.4, -0.2) is 46.5 Å². The molecule has 2 aliphatic heterocycles. The van der Waals surface area contributed by atoms with E-state index in [1.54, 1.807) is 4.90 Å². The molecule has 6 nitrogen and oxygen atoms in total. The monoisotopic (exact) mass is 381 g/mol. The Bertz CT molecular complexity index is 890. The maximum absolute atomic E-state index is 13.4. The summed E-state index contributed by atoms with van der Waals surface area (Å²) >= 11 is 0. The van der Waals surface area contributed by atoms with Gasteiger partial charge in [-0.15, -0.1) is 0 Å². The van der Waals surface area contributed by atoms with Crippen molar-refractivity contribution >= 4 is 11.9 Å². The molecule has 28 heavy (non-hydrogen) atoms. The molecular formula is C22H27N3O3. The van der Waals surface area contributed by atoms with Gasteiger partial charge in [-0.05, 0) is 32.6 Å². The molecule has 1 saturated heterocycles. The fourth-order valence-electron chi connectivity index (χ4n) is 4.40. The van der Waals surface area contributed by atoms with E-state index in [0.29, 0.717) is 25.2 Å². The van der Waals surface area contributed by atoms with Crippen LogP contribution in [0.4, 0.5) is 0 Å². The van der Waals surface area contributed by atoms with Crippen LogP contribution < -0.4 is 0 Å². The van der Waals surface area contributed by atoms with E-state index < -0.39 is 5.41 Å². The van der Waals surface area contributed by atoms with Crippen LogP contribution in [0.2, 0.25) is 0 Å². The van der Waals surface area contributed by atoms with Crippen LogP contribution in [0.5, 0.6) is 0 Å². The Balaban J connectivity index is 1.69. The van der Waals surface area contributed by atoms with Crippen LogP contribution >= 0.6 is 0 Å². The van der Waals surface area contributed by atoms with Crippen LogP contribution in [0.3, 0.4) is 0 Å². The molecule has 0 saturated carbocycles. The van der Waals surface area contributed by atoms with E-state index >= 15 is 0 Å². The predicted molar refractivity (Wildman–Crippen MR) is 106 cm³/mol. The van der Waals surface area contributed by atoms with Crippen molar-refractivity contribution in [3.05, 3.63) is 41.7 Å². The lowest BCUT2D eigenvalue weighted by Crippen LogP contribution is -2.36. The van der Waals surface area contributed by atoms with Gasteiger partial charge >= 0.3 is 5.97 Å². The predicted octanol–water partition coefficient (Wildman–Crippen LogP) is 3.30. The fourth-order valence-corrected chi connectivity index (χ4v) is 4.40. The summed E-state index contributed by atoms with van der Waals surface area (Å²) in [6, 6.07) is 10.1. The number of esters is 1. The maximum atomic E-state index is 13.4. The highest BCUT2D eigenvalue weighted by atomic mass is 16.5. The molecule has 0 radical (unpaired) electrons. The SMILES string of the molecule is COC(=O)[C@]1(C)CCN(C(=O)c2nc(-c3ccccc3)n3c2CCCCC3)C1. The summed E-state index contributed by atoms with van der Waals surface area (Å²) in [5.41, 5.74) is 1.98. The normalized spacial score (nSPS) is 21.9. The van der Waals surface area contributed by atoms with Crippen LogP contribution in [0.25, 0.3) is 11.4 Å². The fraction of sp³-hybridized carbons (Fsp3) is 0.500. The van der Waals surface area contributed by atoms with Crippen LogP contribution in [0.15, 0.2) is 30.3 Å². The van der Waals surface area contributed by atoms with Gasteiger partial charge in [0.1, 0.15) is 11.5 Å². The van der Waals surface area contributed by atoms with Gasteiger partial charge < -0.3 is 14.2 Å². The topological polar surface area (TPSA) is 64.4 Å². The highest BCUT2D eigenvalue weighted by molar-refractivity contribution is 5.95. The van der Waals surface area contributed by atoms with E-state index in [1.807, 2.05) is 37.3 Å². The number of benzene rings is 1. The van der Waals surface area contributed by atoms with Crippen molar-refractivity contribution in [3.63, 3.8) is 0 Å². The summed E-state index contributed by atoms with van der Waals surface area (Å²) in [4.78, 5) is 32.1. The van der Waals surface area contributed by atoms with Crippen molar-refractivity contribution in [1.82, 2.24) is 14.5 Å². The number of carbonyl (C=O) groups is 2. The second-order valence-corrected chi connectivity index (χ2v) is 8.09. The number of ether oxygens (including phenoxy) is 1. The third kappa shape index (κ3) is 3.21. The first-order valence-corrected chi connectivity index (χ1v) is 10.1. The number of nitrogens with zero attached hydrogens (tertiary/aromatic N) is 3. The molecule has 148 valence electrons. The Hall–Kier alpha value is -2.63. The number of hydrogen-bond acceptors (Lipinski definition) is 4. The molecule has 0 bridgehead atoms. The number of amides is 1. The van der Waals surface area contributed by atoms with Gasteiger partial charge in [0.05, 0.1) is 18.2 Å². The molecule has 4 rings (SSSR count). The van der Waals surface area contributed by atoms with E-state index in [1.165, 1.54) is 7.11 Å². The molecule has 0 aliphatic carbocycles. The Labute approximate surface area is 165 Å². The van der Waals surface area contributed by atoms with Gasteiger partial charge in [-0.3, -0.25) is 9.59 Å². The summed E-state index contributed by atoms with van der Waals surface area (Å²) in [6.45, 7) is 3.69. The number of methoxy groups -OCH3 is 1. The molecule has 1 aromatic heterocycles. The maximum Gasteiger partial charge on any atom is 0.313 e. The Morgan fingerprint density at radius 1 is 1.11 bits per heavy atom. The van der Waals surface area contributed by atoms with Crippen LogP contribution in [0, 0.1) is 5.41 Å². The number of rotatable bonds is 3. The molecular weight excluding hydrogens is 354 g/mol. The minimum atomic E-state index is -0.636. The number of carbonyl (C=O) groups excluding carboxylic acids is 2. The Kier molecular flexibility index (Phi) is 4.96. The number of imidazole rings is 1.